The average molecular weight is 273 g/mol. The molecule has 0 saturated carbocycles. The SMILES string of the molecule is Cc1ccc(C(N)CN2CCN3CCCC3C2)cc1C. The maximum atomic E-state index is 6.43. The summed E-state index contributed by atoms with van der Waals surface area (Å²) in [7, 11) is 0. The predicted octanol–water partition coefficient (Wildman–Crippen LogP) is 2.08. The highest BCUT2D eigenvalue weighted by Gasteiger charge is 2.30. The predicted molar refractivity (Wildman–Crippen MR) is 83.9 cm³/mol. The minimum absolute atomic E-state index is 0.141. The molecular formula is C17H27N3. The van der Waals surface area contributed by atoms with Gasteiger partial charge >= 0.3 is 0 Å². The summed E-state index contributed by atoms with van der Waals surface area (Å²) in [5.74, 6) is 0. The van der Waals surface area contributed by atoms with Crippen LogP contribution in [0.2, 0.25) is 0 Å². The van der Waals surface area contributed by atoms with Crippen LogP contribution in [0, 0.1) is 13.8 Å². The van der Waals surface area contributed by atoms with Gasteiger partial charge < -0.3 is 5.73 Å². The lowest BCUT2D eigenvalue weighted by Crippen LogP contribution is -2.51. The van der Waals surface area contributed by atoms with E-state index in [-0.39, 0.29) is 6.04 Å². The third kappa shape index (κ3) is 2.90. The number of hydrogen-bond donors (Lipinski definition) is 1. The Kier molecular flexibility index (Phi) is 4.11. The Bertz CT molecular complexity index is 471. The zero-order valence-corrected chi connectivity index (χ0v) is 12.8. The van der Waals surface area contributed by atoms with Crippen LogP contribution < -0.4 is 5.73 Å². The van der Waals surface area contributed by atoms with Crippen molar-refractivity contribution in [1.29, 1.82) is 0 Å². The number of aryl methyl sites for hydroxylation is 2. The number of piperazine rings is 1. The highest BCUT2D eigenvalue weighted by molar-refractivity contribution is 5.31. The van der Waals surface area contributed by atoms with E-state index in [1.807, 2.05) is 0 Å². The molecular weight excluding hydrogens is 246 g/mol. The summed E-state index contributed by atoms with van der Waals surface area (Å²) < 4.78 is 0. The van der Waals surface area contributed by atoms with Crippen molar-refractivity contribution in [1.82, 2.24) is 9.80 Å². The van der Waals surface area contributed by atoms with Gasteiger partial charge in [0.1, 0.15) is 0 Å². The largest absolute Gasteiger partial charge is 0.323 e. The summed E-state index contributed by atoms with van der Waals surface area (Å²) in [5, 5.41) is 0. The highest BCUT2D eigenvalue weighted by Crippen LogP contribution is 2.23. The fourth-order valence-corrected chi connectivity index (χ4v) is 3.60. The number of hydrogen-bond acceptors (Lipinski definition) is 3. The lowest BCUT2D eigenvalue weighted by atomic mass is 10.0. The molecule has 2 heterocycles. The minimum Gasteiger partial charge on any atom is -0.323 e. The number of benzene rings is 1. The van der Waals surface area contributed by atoms with Gasteiger partial charge in [0, 0.05) is 38.3 Å². The molecule has 3 heteroatoms. The molecule has 110 valence electrons. The molecule has 0 radical (unpaired) electrons. The summed E-state index contributed by atoms with van der Waals surface area (Å²) in [6.45, 7) is 10.2. The average Bonchev–Trinajstić information content (AvgIpc) is 2.89. The molecule has 0 bridgehead atoms. The fraction of sp³-hybridized carbons (Fsp3) is 0.647. The van der Waals surface area contributed by atoms with Crippen molar-refractivity contribution in [3.8, 4) is 0 Å². The highest BCUT2D eigenvalue weighted by atomic mass is 15.3. The molecule has 2 atom stereocenters. The third-order valence-electron chi connectivity index (χ3n) is 5.09. The van der Waals surface area contributed by atoms with Gasteiger partial charge in [-0.1, -0.05) is 18.2 Å². The molecule has 2 fully saturated rings. The van der Waals surface area contributed by atoms with E-state index in [2.05, 4.69) is 41.8 Å². The molecule has 3 nitrogen and oxygen atoms in total. The van der Waals surface area contributed by atoms with E-state index in [1.54, 1.807) is 0 Å². The standard InChI is InChI=1S/C17H27N3/c1-13-5-6-15(10-14(13)2)17(18)12-19-8-9-20-7-3-4-16(20)11-19/h5-6,10,16-17H,3-4,7-9,11-12,18H2,1-2H3. The van der Waals surface area contributed by atoms with E-state index in [4.69, 9.17) is 5.73 Å². The Morgan fingerprint density at radius 2 is 2.05 bits per heavy atom. The van der Waals surface area contributed by atoms with Crippen LogP contribution in [0.5, 0.6) is 0 Å². The van der Waals surface area contributed by atoms with Gasteiger partial charge in [0.25, 0.3) is 0 Å². The van der Waals surface area contributed by atoms with Gasteiger partial charge in [-0.25, -0.2) is 0 Å². The lowest BCUT2D eigenvalue weighted by molar-refractivity contribution is 0.0998. The second-order valence-corrected chi connectivity index (χ2v) is 6.54. The van der Waals surface area contributed by atoms with Crippen LogP contribution in [-0.2, 0) is 0 Å². The zero-order chi connectivity index (χ0) is 14.1. The molecule has 0 spiro atoms. The van der Waals surface area contributed by atoms with Crippen LogP contribution in [-0.4, -0.2) is 48.6 Å². The molecule has 2 saturated heterocycles. The summed E-state index contributed by atoms with van der Waals surface area (Å²) in [5.41, 5.74) is 10.4. The van der Waals surface area contributed by atoms with Crippen LogP contribution in [0.3, 0.4) is 0 Å². The zero-order valence-electron chi connectivity index (χ0n) is 12.8. The van der Waals surface area contributed by atoms with E-state index in [1.165, 1.54) is 55.7 Å². The normalized spacial score (nSPS) is 25.6. The Balaban J connectivity index is 1.60. The molecule has 1 aromatic carbocycles. The van der Waals surface area contributed by atoms with Gasteiger partial charge in [-0.2, -0.15) is 0 Å². The monoisotopic (exact) mass is 273 g/mol. The number of rotatable bonds is 3. The van der Waals surface area contributed by atoms with Crippen LogP contribution in [0.15, 0.2) is 18.2 Å². The minimum atomic E-state index is 0.141. The van der Waals surface area contributed by atoms with E-state index in [0.717, 1.165) is 12.6 Å². The Morgan fingerprint density at radius 3 is 2.85 bits per heavy atom. The first-order valence-electron chi connectivity index (χ1n) is 7.92. The summed E-state index contributed by atoms with van der Waals surface area (Å²) >= 11 is 0. The lowest BCUT2D eigenvalue weighted by Gasteiger charge is -2.38. The molecule has 3 rings (SSSR count). The van der Waals surface area contributed by atoms with Crippen LogP contribution in [0.4, 0.5) is 0 Å². The maximum absolute atomic E-state index is 6.43. The van der Waals surface area contributed by atoms with Crippen molar-refractivity contribution < 1.29 is 0 Å². The molecule has 0 aliphatic carbocycles. The van der Waals surface area contributed by atoms with E-state index < -0.39 is 0 Å². The van der Waals surface area contributed by atoms with Gasteiger partial charge in [-0.05, 0) is 49.9 Å². The second kappa shape index (κ2) is 5.84. The maximum Gasteiger partial charge on any atom is 0.0424 e. The number of nitrogens with zero attached hydrogens (tertiary/aromatic N) is 2. The molecule has 0 aromatic heterocycles. The topological polar surface area (TPSA) is 32.5 Å². The van der Waals surface area contributed by atoms with Crippen molar-refractivity contribution in [2.75, 3.05) is 32.7 Å². The van der Waals surface area contributed by atoms with Gasteiger partial charge in [-0.15, -0.1) is 0 Å². The Hall–Kier alpha value is -0.900. The molecule has 2 N–H and O–H groups in total. The van der Waals surface area contributed by atoms with E-state index in [0.29, 0.717) is 0 Å². The van der Waals surface area contributed by atoms with Gasteiger partial charge in [0.05, 0.1) is 0 Å². The summed E-state index contributed by atoms with van der Waals surface area (Å²) in [6.07, 6.45) is 2.75. The molecule has 0 amide bonds. The Labute approximate surface area is 122 Å². The van der Waals surface area contributed by atoms with Gasteiger partial charge in [0.15, 0.2) is 0 Å². The molecule has 2 aliphatic heterocycles. The van der Waals surface area contributed by atoms with Crippen molar-refractivity contribution in [2.24, 2.45) is 5.73 Å². The second-order valence-electron chi connectivity index (χ2n) is 6.54. The third-order valence-corrected chi connectivity index (χ3v) is 5.09. The van der Waals surface area contributed by atoms with Crippen molar-refractivity contribution in [3.05, 3.63) is 34.9 Å². The van der Waals surface area contributed by atoms with Crippen molar-refractivity contribution >= 4 is 0 Å². The van der Waals surface area contributed by atoms with Crippen molar-refractivity contribution in [2.45, 2.75) is 38.8 Å². The number of fused-ring (bicyclic) bond motifs is 1. The Morgan fingerprint density at radius 1 is 1.20 bits per heavy atom. The van der Waals surface area contributed by atoms with Crippen LogP contribution >= 0.6 is 0 Å². The quantitative estimate of drug-likeness (QED) is 0.915. The summed E-state index contributed by atoms with van der Waals surface area (Å²) in [4.78, 5) is 5.21. The molecule has 20 heavy (non-hydrogen) atoms. The fourth-order valence-electron chi connectivity index (χ4n) is 3.60. The van der Waals surface area contributed by atoms with Gasteiger partial charge in [-0.3, -0.25) is 9.80 Å². The first-order chi connectivity index (χ1) is 9.63. The first-order valence-corrected chi connectivity index (χ1v) is 7.92. The first kappa shape index (κ1) is 14.1. The number of nitrogens with two attached hydrogens (primary N) is 1. The van der Waals surface area contributed by atoms with Gasteiger partial charge in [0.2, 0.25) is 0 Å². The molecule has 2 unspecified atom stereocenters. The van der Waals surface area contributed by atoms with Crippen LogP contribution in [0.25, 0.3) is 0 Å². The molecule has 1 aromatic rings. The smallest absolute Gasteiger partial charge is 0.0424 e. The van der Waals surface area contributed by atoms with E-state index >= 15 is 0 Å². The molecule has 2 aliphatic rings. The van der Waals surface area contributed by atoms with Crippen molar-refractivity contribution in [3.63, 3.8) is 0 Å². The van der Waals surface area contributed by atoms with Crippen LogP contribution in [0.1, 0.15) is 35.6 Å². The van der Waals surface area contributed by atoms with E-state index in [9.17, 15) is 0 Å². The summed E-state index contributed by atoms with van der Waals surface area (Å²) in [6, 6.07) is 7.57.